The number of rotatable bonds is 6. The second-order valence-electron chi connectivity index (χ2n) is 6.33. The lowest BCUT2D eigenvalue weighted by Gasteiger charge is -2.34. The summed E-state index contributed by atoms with van der Waals surface area (Å²) in [4.78, 5) is 27.3. The first-order valence-corrected chi connectivity index (χ1v) is 8.89. The molecule has 2 aromatic rings. The molecule has 0 bridgehead atoms. The Morgan fingerprint density at radius 3 is 2.46 bits per heavy atom. The van der Waals surface area contributed by atoms with Crippen molar-refractivity contribution >= 4 is 23.5 Å². The maximum absolute atomic E-state index is 12.6. The molecule has 138 valence electrons. The van der Waals surface area contributed by atoms with Gasteiger partial charge in [-0.3, -0.25) is 19.2 Å². The van der Waals surface area contributed by atoms with Gasteiger partial charge in [0.2, 0.25) is 0 Å². The van der Waals surface area contributed by atoms with Gasteiger partial charge in [-0.15, -0.1) is 0 Å². The number of nitrogens with zero attached hydrogens (tertiary/aromatic N) is 4. The van der Waals surface area contributed by atoms with E-state index in [9.17, 15) is 9.59 Å². The fourth-order valence-electron chi connectivity index (χ4n) is 2.95. The van der Waals surface area contributed by atoms with E-state index < -0.39 is 5.97 Å². The second-order valence-corrected chi connectivity index (χ2v) is 6.77. The summed E-state index contributed by atoms with van der Waals surface area (Å²) in [5.41, 5.74) is 1.70. The third-order valence-corrected chi connectivity index (χ3v) is 4.67. The van der Waals surface area contributed by atoms with Crippen LogP contribution in [0.25, 0.3) is 0 Å². The molecule has 0 spiro atoms. The van der Waals surface area contributed by atoms with Gasteiger partial charge in [-0.2, -0.15) is 5.10 Å². The minimum Gasteiger partial charge on any atom is -0.481 e. The Morgan fingerprint density at radius 2 is 1.81 bits per heavy atom. The molecule has 1 aromatic heterocycles. The van der Waals surface area contributed by atoms with Crippen LogP contribution in [0.2, 0.25) is 5.02 Å². The summed E-state index contributed by atoms with van der Waals surface area (Å²) in [7, 11) is 0. The van der Waals surface area contributed by atoms with E-state index in [1.54, 1.807) is 6.20 Å². The van der Waals surface area contributed by atoms with E-state index in [1.807, 2.05) is 29.2 Å². The van der Waals surface area contributed by atoms with E-state index in [0.29, 0.717) is 18.7 Å². The van der Waals surface area contributed by atoms with Crippen LogP contribution in [0.15, 0.2) is 36.7 Å². The Balaban J connectivity index is 1.50. The van der Waals surface area contributed by atoms with Gasteiger partial charge in [-0.05, 0) is 17.7 Å². The van der Waals surface area contributed by atoms with Gasteiger partial charge in [0.25, 0.3) is 5.91 Å². The lowest BCUT2D eigenvalue weighted by molar-refractivity contribution is -0.137. The second kappa shape index (κ2) is 8.33. The van der Waals surface area contributed by atoms with Crippen molar-refractivity contribution in [3.8, 4) is 0 Å². The minimum atomic E-state index is -0.884. The van der Waals surface area contributed by atoms with Crippen LogP contribution in [0.3, 0.4) is 0 Å². The molecule has 1 aromatic carbocycles. The molecule has 0 atom stereocenters. The number of aromatic nitrogens is 2. The molecule has 1 aliphatic rings. The monoisotopic (exact) mass is 376 g/mol. The summed E-state index contributed by atoms with van der Waals surface area (Å²) in [5, 5.41) is 13.5. The maximum atomic E-state index is 12.6. The van der Waals surface area contributed by atoms with E-state index in [-0.39, 0.29) is 18.9 Å². The van der Waals surface area contributed by atoms with Crippen molar-refractivity contribution in [2.24, 2.45) is 0 Å². The molecule has 0 aliphatic carbocycles. The standard InChI is InChI=1S/C18H21ClN4O3/c19-16-3-1-14(2-4-16)12-21-7-9-22(10-8-21)18(26)15-11-20-23(13-15)6-5-17(24)25/h1-4,11,13H,5-10,12H2,(H,24,25). The van der Waals surface area contributed by atoms with Gasteiger partial charge in [0.1, 0.15) is 0 Å². The maximum Gasteiger partial charge on any atom is 0.305 e. The summed E-state index contributed by atoms with van der Waals surface area (Å²) in [6.45, 7) is 4.03. The molecule has 1 N–H and O–H groups in total. The number of carbonyl (C=O) groups excluding carboxylic acids is 1. The third kappa shape index (κ3) is 4.83. The number of halogens is 1. The molecule has 3 rings (SSSR count). The number of amides is 1. The first-order chi connectivity index (χ1) is 12.5. The average Bonchev–Trinajstić information content (AvgIpc) is 3.11. The zero-order valence-electron chi connectivity index (χ0n) is 14.3. The highest BCUT2D eigenvalue weighted by atomic mass is 35.5. The molecular formula is C18H21ClN4O3. The summed E-state index contributed by atoms with van der Waals surface area (Å²) < 4.78 is 1.50. The molecule has 26 heavy (non-hydrogen) atoms. The lowest BCUT2D eigenvalue weighted by Crippen LogP contribution is -2.48. The molecule has 1 fully saturated rings. The van der Waals surface area contributed by atoms with Crippen LogP contribution in [0.5, 0.6) is 0 Å². The highest BCUT2D eigenvalue weighted by Gasteiger charge is 2.23. The Morgan fingerprint density at radius 1 is 1.12 bits per heavy atom. The first-order valence-electron chi connectivity index (χ1n) is 8.51. The smallest absolute Gasteiger partial charge is 0.305 e. The molecular weight excluding hydrogens is 356 g/mol. The Hall–Kier alpha value is -2.38. The number of aryl methyl sites for hydroxylation is 1. The Labute approximate surface area is 156 Å². The van der Waals surface area contributed by atoms with E-state index >= 15 is 0 Å². The number of hydrogen-bond acceptors (Lipinski definition) is 4. The number of piperazine rings is 1. The Kier molecular flexibility index (Phi) is 5.90. The van der Waals surface area contributed by atoms with Crippen LogP contribution < -0.4 is 0 Å². The predicted octanol–water partition coefficient (Wildman–Crippen LogP) is 1.97. The zero-order valence-corrected chi connectivity index (χ0v) is 15.1. The SMILES string of the molecule is O=C(O)CCn1cc(C(=O)N2CCN(Cc3ccc(Cl)cc3)CC2)cn1. The van der Waals surface area contributed by atoms with E-state index in [1.165, 1.54) is 16.4 Å². The number of aliphatic carboxylic acids is 1. The Bertz CT molecular complexity index is 767. The number of benzene rings is 1. The van der Waals surface area contributed by atoms with Crippen LogP contribution in [0.4, 0.5) is 0 Å². The largest absolute Gasteiger partial charge is 0.481 e. The quantitative estimate of drug-likeness (QED) is 0.833. The van der Waals surface area contributed by atoms with Crippen LogP contribution >= 0.6 is 11.6 Å². The van der Waals surface area contributed by atoms with E-state index in [4.69, 9.17) is 16.7 Å². The fourth-order valence-corrected chi connectivity index (χ4v) is 3.07. The van der Waals surface area contributed by atoms with Gasteiger partial charge >= 0.3 is 5.97 Å². The zero-order chi connectivity index (χ0) is 18.5. The summed E-state index contributed by atoms with van der Waals surface area (Å²) in [6, 6.07) is 7.81. The number of carboxylic acid groups (broad SMARTS) is 1. The molecule has 1 amide bonds. The predicted molar refractivity (Wildman–Crippen MR) is 97.1 cm³/mol. The van der Waals surface area contributed by atoms with E-state index in [2.05, 4.69) is 10.00 Å². The van der Waals surface area contributed by atoms with Crippen LogP contribution in [0, 0.1) is 0 Å². The molecule has 1 aliphatic heterocycles. The van der Waals surface area contributed by atoms with Gasteiger partial charge in [0.05, 0.1) is 24.7 Å². The molecule has 0 saturated carbocycles. The normalized spacial score (nSPS) is 15.2. The number of carbonyl (C=O) groups is 2. The van der Waals surface area contributed by atoms with Crippen molar-refractivity contribution < 1.29 is 14.7 Å². The molecule has 0 unspecified atom stereocenters. The number of hydrogen-bond donors (Lipinski definition) is 1. The summed E-state index contributed by atoms with van der Waals surface area (Å²) in [5.74, 6) is -0.942. The van der Waals surface area contributed by atoms with Crippen molar-refractivity contribution in [1.82, 2.24) is 19.6 Å². The van der Waals surface area contributed by atoms with Crippen molar-refractivity contribution in [3.63, 3.8) is 0 Å². The average molecular weight is 377 g/mol. The van der Waals surface area contributed by atoms with Crippen LogP contribution in [-0.2, 0) is 17.9 Å². The number of carboxylic acids is 1. The van der Waals surface area contributed by atoms with Crippen LogP contribution in [-0.4, -0.2) is 62.7 Å². The highest BCUT2D eigenvalue weighted by molar-refractivity contribution is 6.30. The van der Waals surface area contributed by atoms with Gasteiger partial charge in [0.15, 0.2) is 0 Å². The molecule has 7 nitrogen and oxygen atoms in total. The summed E-state index contributed by atoms with van der Waals surface area (Å²) >= 11 is 5.91. The van der Waals surface area contributed by atoms with Gasteiger partial charge < -0.3 is 10.0 Å². The topological polar surface area (TPSA) is 78.7 Å². The first kappa shape index (κ1) is 18.4. The van der Waals surface area contributed by atoms with Crippen LogP contribution in [0.1, 0.15) is 22.3 Å². The summed E-state index contributed by atoms with van der Waals surface area (Å²) in [6.07, 6.45) is 3.11. The third-order valence-electron chi connectivity index (χ3n) is 4.41. The van der Waals surface area contributed by atoms with Gasteiger partial charge in [0, 0.05) is 43.9 Å². The van der Waals surface area contributed by atoms with Crippen molar-refractivity contribution in [2.45, 2.75) is 19.5 Å². The molecule has 1 saturated heterocycles. The molecule has 2 heterocycles. The van der Waals surface area contributed by atoms with Crippen molar-refractivity contribution in [1.29, 1.82) is 0 Å². The highest BCUT2D eigenvalue weighted by Crippen LogP contribution is 2.14. The lowest BCUT2D eigenvalue weighted by atomic mass is 10.2. The van der Waals surface area contributed by atoms with Gasteiger partial charge in [-0.25, -0.2) is 0 Å². The van der Waals surface area contributed by atoms with E-state index in [0.717, 1.165) is 24.7 Å². The molecule has 8 heteroatoms. The fraction of sp³-hybridized carbons (Fsp3) is 0.389. The minimum absolute atomic E-state index is 0.0152. The van der Waals surface area contributed by atoms with Crippen molar-refractivity contribution in [3.05, 3.63) is 52.8 Å². The molecule has 0 radical (unpaired) electrons. The van der Waals surface area contributed by atoms with Gasteiger partial charge in [-0.1, -0.05) is 23.7 Å². The van der Waals surface area contributed by atoms with Crippen molar-refractivity contribution in [2.75, 3.05) is 26.2 Å².